The van der Waals surface area contributed by atoms with Crippen LogP contribution in [0.5, 0.6) is 0 Å². The predicted octanol–water partition coefficient (Wildman–Crippen LogP) is 2.46. The molecule has 94 valence electrons. The van der Waals surface area contributed by atoms with Gasteiger partial charge in [0.1, 0.15) is 6.04 Å². The fourth-order valence-electron chi connectivity index (χ4n) is 1.87. The molecule has 18 heavy (non-hydrogen) atoms. The van der Waals surface area contributed by atoms with Crippen molar-refractivity contribution in [3.05, 3.63) is 46.7 Å². The molecule has 0 aliphatic carbocycles. The molecule has 2 rings (SSSR count). The van der Waals surface area contributed by atoms with Crippen LogP contribution in [-0.2, 0) is 16.0 Å². The number of carbonyl (C=O) groups is 1. The topological polar surface area (TPSA) is 52.3 Å². The van der Waals surface area contributed by atoms with Crippen molar-refractivity contribution in [1.29, 1.82) is 0 Å². The molecule has 2 aromatic rings. The highest BCUT2D eigenvalue weighted by Gasteiger charge is 2.16. The summed E-state index contributed by atoms with van der Waals surface area (Å²) in [6, 6.07) is 9.43. The smallest absolute Gasteiger partial charge is 0.322 e. The van der Waals surface area contributed by atoms with Gasteiger partial charge in [0.2, 0.25) is 0 Å². The summed E-state index contributed by atoms with van der Waals surface area (Å²) in [4.78, 5) is 11.4. The molecule has 1 aromatic heterocycles. The van der Waals surface area contributed by atoms with Gasteiger partial charge in [-0.2, -0.15) is 11.3 Å². The number of methoxy groups -OCH3 is 1. The van der Waals surface area contributed by atoms with Crippen LogP contribution in [0.15, 0.2) is 41.1 Å². The van der Waals surface area contributed by atoms with Crippen LogP contribution in [0.2, 0.25) is 0 Å². The van der Waals surface area contributed by atoms with Gasteiger partial charge in [-0.3, -0.25) is 4.79 Å². The number of nitrogens with two attached hydrogens (primary N) is 1. The minimum atomic E-state index is -0.616. The molecule has 0 saturated heterocycles. The first kappa shape index (κ1) is 12.8. The van der Waals surface area contributed by atoms with Crippen molar-refractivity contribution in [2.24, 2.45) is 5.73 Å². The Kier molecular flexibility index (Phi) is 4.12. The number of hydrogen-bond acceptors (Lipinski definition) is 4. The van der Waals surface area contributed by atoms with Gasteiger partial charge in [-0.1, -0.05) is 24.3 Å². The maximum Gasteiger partial charge on any atom is 0.322 e. The molecular formula is C14H15NO2S. The third-order valence-corrected chi connectivity index (χ3v) is 3.48. The zero-order chi connectivity index (χ0) is 13.0. The minimum Gasteiger partial charge on any atom is -0.468 e. The van der Waals surface area contributed by atoms with Crippen LogP contribution in [0, 0.1) is 0 Å². The minimum absolute atomic E-state index is 0.380. The van der Waals surface area contributed by atoms with Gasteiger partial charge in [0.25, 0.3) is 0 Å². The van der Waals surface area contributed by atoms with E-state index >= 15 is 0 Å². The molecule has 0 bridgehead atoms. The van der Waals surface area contributed by atoms with E-state index in [4.69, 9.17) is 5.73 Å². The molecule has 0 saturated carbocycles. The zero-order valence-corrected chi connectivity index (χ0v) is 10.9. The Morgan fingerprint density at radius 2 is 2.17 bits per heavy atom. The van der Waals surface area contributed by atoms with Crippen LogP contribution >= 0.6 is 11.3 Å². The molecule has 1 atom stereocenters. The summed E-state index contributed by atoms with van der Waals surface area (Å²) in [7, 11) is 1.35. The molecular weight excluding hydrogens is 246 g/mol. The molecule has 1 aromatic carbocycles. The lowest BCUT2D eigenvalue weighted by molar-refractivity contribution is -0.142. The second-order valence-electron chi connectivity index (χ2n) is 4.00. The zero-order valence-electron chi connectivity index (χ0n) is 10.1. The summed E-state index contributed by atoms with van der Waals surface area (Å²) in [5.41, 5.74) is 9.16. The van der Waals surface area contributed by atoms with Crippen molar-refractivity contribution in [1.82, 2.24) is 0 Å². The summed E-state index contributed by atoms with van der Waals surface area (Å²) in [5, 5.41) is 4.12. The van der Waals surface area contributed by atoms with E-state index in [0.717, 1.165) is 16.7 Å². The molecule has 0 amide bonds. The predicted molar refractivity (Wildman–Crippen MR) is 73.5 cm³/mol. The third kappa shape index (κ3) is 2.78. The van der Waals surface area contributed by atoms with Crippen LogP contribution in [0.1, 0.15) is 5.56 Å². The monoisotopic (exact) mass is 261 g/mol. The van der Waals surface area contributed by atoms with Crippen molar-refractivity contribution in [2.45, 2.75) is 12.5 Å². The summed E-state index contributed by atoms with van der Waals surface area (Å²) in [5.74, 6) is -0.380. The van der Waals surface area contributed by atoms with E-state index in [1.54, 1.807) is 11.3 Å². The Labute approximate surface area is 110 Å². The van der Waals surface area contributed by atoms with Crippen LogP contribution in [-0.4, -0.2) is 19.1 Å². The largest absolute Gasteiger partial charge is 0.468 e. The molecule has 0 aliphatic rings. The van der Waals surface area contributed by atoms with Gasteiger partial charge >= 0.3 is 5.97 Å². The SMILES string of the molecule is COC(=O)C(N)Cc1ccccc1-c1ccsc1. The lowest BCUT2D eigenvalue weighted by Gasteiger charge is -2.12. The highest BCUT2D eigenvalue weighted by molar-refractivity contribution is 7.08. The molecule has 2 N–H and O–H groups in total. The van der Waals surface area contributed by atoms with Crippen LogP contribution < -0.4 is 5.73 Å². The molecule has 0 spiro atoms. The van der Waals surface area contributed by atoms with Crippen molar-refractivity contribution in [3.8, 4) is 11.1 Å². The summed E-state index contributed by atoms with van der Waals surface area (Å²) in [6.45, 7) is 0. The van der Waals surface area contributed by atoms with E-state index < -0.39 is 6.04 Å². The maximum absolute atomic E-state index is 11.4. The van der Waals surface area contributed by atoms with Gasteiger partial charge in [-0.15, -0.1) is 0 Å². The molecule has 0 aliphatic heterocycles. The lowest BCUT2D eigenvalue weighted by atomic mass is 9.97. The molecule has 0 radical (unpaired) electrons. The second kappa shape index (κ2) is 5.80. The van der Waals surface area contributed by atoms with Crippen molar-refractivity contribution >= 4 is 17.3 Å². The van der Waals surface area contributed by atoms with Crippen molar-refractivity contribution in [2.75, 3.05) is 7.11 Å². The molecule has 1 unspecified atom stereocenters. The highest BCUT2D eigenvalue weighted by atomic mass is 32.1. The van der Waals surface area contributed by atoms with Gasteiger partial charge < -0.3 is 10.5 Å². The standard InChI is InChI=1S/C14H15NO2S/c1-17-14(16)13(15)8-10-4-2-3-5-12(10)11-6-7-18-9-11/h2-7,9,13H,8,15H2,1H3. The molecule has 1 heterocycles. The van der Waals surface area contributed by atoms with Crippen LogP contribution in [0.4, 0.5) is 0 Å². The first-order chi connectivity index (χ1) is 8.72. The Morgan fingerprint density at radius 1 is 1.39 bits per heavy atom. The number of carbonyl (C=O) groups excluding carboxylic acids is 1. The normalized spacial score (nSPS) is 12.1. The number of benzene rings is 1. The number of hydrogen-bond donors (Lipinski definition) is 1. The third-order valence-electron chi connectivity index (χ3n) is 2.79. The fraction of sp³-hybridized carbons (Fsp3) is 0.214. The summed E-state index contributed by atoms with van der Waals surface area (Å²) >= 11 is 1.65. The lowest BCUT2D eigenvalue weighted by Crippen LogP contribution is -2.33. The average Bonchev–Trinajstić information content (AvgIpc) is 2.92. The summed E-state index contributed by atoms with van der Waals surface area (Å²) in [6.07, 6.45) is 0.485. The van der Waals surface area contributed by atoms with E-state index in [0.29, 0.717) is 6.42 Å². The van der Waals surface area contributed by atoms with E-state index in [-0.39, 0.29) is 5.97 Å². The Balaban J connectivity index is 2.26. The van der Waals surface area contributed by atoms with Crippen LogP contribution in [0.25, 0.3) is 11.1 Å². The second-order valence-corrected chi connectivity index (χ2v) is 4.78. The van der Waals surface area contributed by atoms with Gasteiger partial charge in [0.05, 0.1) is 7.11 Å². The first-order valence-electron chi connectivity index (χ1n) is 5.66. The Hall–Kier alpha value is -1.65. The van der Waals surface area contributed by atoms with Gasteiger partial charge in [-0.25, -0.2) is 0 Å². The van der Waals surface area contributed by atoms with E-state index in [2.05, 4.69) is 16.2 Å². The van der Waals surface area contributed by atoms with E-state index in [1.807, 2.05) is 29.6 Å². The average molecular weight is 261 g/mol. The van der Waals surface area contributed by atoms with E-state index in [9.17, 15) is 4.79 Å². The van der Waals surface area contributed by atoms with Crippen molar-refractivity contribution in [3.63, 3.8) is 0 Å². The van der Waals surface area contributed by atoms with Crippen LogP contribution in [0.3, 0.4) is 0 Å². The maximum atomic E-state index is 11.4. The first-order valence-corrected chi connectivity index (χ1v) is 6.60. The fourth-order valence-corrected chi connectivity index (χ4v) is 2.53. The van der Waals surface area contributed by atoms with E-state index in [1.165, 1.54) is 7.11 Å². The van der Waals surface area contributed by atoms with Gasteiger partial charge in [0.15, 0.2) is 0 Å². The quantitative estimate of drug-likeness (QED) is 0.860. The molecule has 0 fully saturated rings. The van der Waals surface area contributed by atoms with Crippen molar-refractivity contribution < 1.29 is 9.53 Å². The highest BCUT2D eigenvalue weighted by Crippen LogP contribution is 2.26. The van der Waals surface area contributed by atoms with Gasteiger partial charge in [0, 0.05) is 0 Å². The summed E-state index contributed by atoms with van der Waals surface area (Å²) < 4.78 is 4.65. The van der Waals surface area contributed by atoms with Gasteiger partial charge in [-0.05, 0) is 39.9 Å². The number of esters is 1. The Morgan fingerprint density at radius 3 is 2.83 bits per heavy atom. The number of rotatable bonds is 4. The number of thiophene rings is 1. The molecule has 4 heteroatoms. The Bertz CT molecular complexity index is 522. The number of ether oxygens (including phenoxy) is 1. The molecule has 3 nitrogen and oxygen atoms in total.